The Hall–Kier alpha value is -1.88. The lowest BCUT2D eigenvalue weighted by Crippen LogP contribution is -2.00. The van der Waals surface area contributed by atoms with Crippen LogP contribution in [0.25, 0.3) is 10.4 Å². The van der Waals surface area contributed by atoms with Gasteiger partial charge in [-0.1, -0.05) is 42.5 Å². The van der Waals surface area contributed by atoms with Crippen LogP contribution in [0.15, 0.2) is 24.3 Å². The van der Waals surface area contributed by atoms with Gasteiger partial charge in [-0.25, -0.2) is 9.78 Å². The number of carbonyl (C=O) groups is 1. The highest BCUT2D eigenvalue weighted by atomic mass is 32.1. The number of benzene rings is 1. The van der Waals surface area contributed by atoms with Gasteiger partial charge in [-0.15, -0.1) is 0 Å². The van der Waals surface area contributed by atoms with Crippen molar-refractivity contribution in [1.29, 1.82) is 0 Å². The Kier molecular flexibility index (Phi) is 3.10. The number of nitrogens with two attached hydrogens (primary N) is 1. The van der Waals surface area contributed by atoms with Gasteiger partial charge in [-0.05, 0) is 17.5 Å². The second-order valence-electron chi connectivity index (χ2n) is 3.55. The molecule has 1 aromatic carbocycles. The van der Waals surface area contributed by atoms with Crippen molar-refractivity contribution in [2.24, 2.45) is 0 Å². The molecule has 1 heterocycles. The summed E-state index contributed by atoms with van der Waals surface area (Å²) in [4.78, 5) is 15.6. The number of aromatic carboxylic acids is 1. The van der Waals surface area contributed by atoms with Crippen molar-refractivity contribution in [1.82, 2.24) is 4.98 Å². The molecule has 0 aliphatic heterocycles. The Bertz CT molecular complexity index is 563. The Morgan fingerprint density at radius 1 is 1.47 bits per heavy atom. The number of rotatable bonds is 3. The molecule has 0 atom stereocenters. The molecule has 1 aromatic heterocycles. The van der Waals surface area contributed by atoms with E-state index in [4.69, 9.17) is 10.8 Å². The predicted molar refractivity (Wildman–Crippen MR) is 68.3 cm³/mol. The summed E-state index contributed by atoms with van der Waals surface area (Å²) in [7, 11) is 0. The fourth-order valence-corrected chi connectivity index (χ4v) is 2.60. The second-order valence-corrected chi connectivity index (χ2v) is 4.58. The van der Waals surface area contributed by atoms with Crippen molar-refractivity contribution >= 4 is 22.4 Å². The lowest BCUT2D eigenvalue weighted by molar-refractivity contribution is 0.0692. The van der Waals surface area contributed by atoms with Crippen LogP contribution in [0.1, 0.15) is 23.0 Å². The van der Waals surface area contributed by atoms with Gasteiger partial charge >= 0.3 is 5.97 Å². The van der Waals surface area contributed by atoms with Crippen LogP contribution < -0.4 is 5.73 Å². The minimum atomic E-state index is -1.04. The molecule has 0 aliphatic rings. The Morgan fingerprint density at radius 2 is 2.18 bits per heavy atom. The van der Waals surface area contributed by atoms with Crippen molar-refractivity contribution in [3.63, 3.8) is 0 Å². The first-order valence-electron chi connectivity index (χ1n) is 5.21. The topological polar surface area (TPSA) is 76.2 Å². The number of hydrogen-bond acceptors (Lipinski definition) is 4. The third-order valence-electron chi connectivity index (χ3n) is 2.49. The standard InChI is InChI=1S/C12H12N2O2S/c1-2-7-5-3-4-6-8(7)10-9(11(15)16)14-12(13)17-10/h3-6H,2H2,1H3,(H2,13,14)(H,15,16). The van der Waals surface area contributed by atoms with E-state index in [1.807, 2.05) is 31.2 Å². The van der Waals surface area contributed by atoms with Gasteiger partial charge in [0.1, 0.15) is 0 Å². The molecule has 3 N–H and O–H groups in total. The molecular weight excluding hydrogens is 236 g/mol. The van der Waals surface area contributed by atoms with Gasteiger partial charge in [-0.3, -0.25) is 0 Å². The lowest BCUT2D eigenvalue weighted by Gasteiger charge is -2.05. The SMILES string of the molecule is CCc1ccccc1-c1sc(N)nc1C(=O)O. The Labute approximate surface area is 103 Å². The number of aryl methyl sites for hydroxylation is 1. The second kappa shape index (κ2) is 4.55. The molecule has 2 rings (SSSR count). The van der Waals surface area contributed by atoms with Gasteiger partial charge in [0.05, 0.1) is 4.88 Å². The predicted octanol–water partition coefficient (Wildman–Crippen LogP) is 2.65. The summed E-state index contributed by atoms with van der Waals surface area (Å²) < 4.78 is 0. The molecule has 88 valence electrons. The van der Waals surface area contributed by atoms with E-state index in [2.05, 4.69) is 4.98 Å². The Morgan fingerprint density at radius 3 is 2.82 bits per heavy atom. The molecule has 0 fully saturated rings. The molecule has 0 spiro atoms. The summed E-state index contributed by atoms with van der Waals surface area (Å²) in [6.45, 7) is 2.03. The van der Waals surface area contributed by atoms with E-state index in [9.17, 15) is 4.79 Å². The molecule has 0 bridgehead atoms. The number of aromatic nitrogens is 1. The van der Waals surface area contributed by atoms with Gasteiger partial charge < -0.3 is 10.8 Å². The molecule has 4 nitrogen and oxygen atoms in total. The molecule has 0 amide bonds. The molecule has 0 saturated carbocycles. The molecule has 5 heteroatoms. The quantitative estimate of drug-likeness (QED) is 0.875. The molecular formula is C12H12N2O2S. The number of nitrogen functional groups attached to an aromatic ring is 1. The molecule has 0 radical (unpaired) electrons. The summed E-state index contributed by atoms with van der Waals surface area (Å²) in [5.41, 5.74) is 7.63. The van der Waals surface area contributed by atoms with E-state index in [0.29, 0.717) is 4.88 Å². The van der Waals surface area contributed by atoms with E-state index < -0.39 is 5.97 Å². The van der Waals surface area contributed by atoms with Crippen LogP contribution in [0.4, 0.5) is 5.13 Å². The van der Waals surface area contributed by atoms with E-state index in [1.165, 1.54) is 11.3 Å². The number of hydrogen-bond donors (Lipinski definition) is 2. The summed E-state index contributed by atoms with van der Waals surface area (Å²) in [5.74, 6) is -1.04. The zero-order valence-corrected chi connectivity index (χ0v) is 10.1. The van der Waals surface area contributed by atoms with Gasteiger partial charge in [0.25, 0.3) is 0 Å². The highest BCUT2D eigenvalue weighted by Gasteiger charge is 2.19. The third-order valence-corrected chi connectivity index (χ3v) is 3.41. The number of carboxylic acids is 1. The van der Waals surface area contributed by atoms with Crippen LogP contribution in [0.3, 0.4) is 0 Å². The lowest BCUT2D eigenvalue weighted by atomic mass is 10.0. The minimum absolute atomic E-state index is 0.0356. The first kappa shape index (κ1) is 11.6. The van der Waals surface area contributed by atoms with E-state index in [0.717, 1.165) is 17.5 Å². The van der Waals surface area contributed by atoms with Crippen LogP contribution >= 0.6 is 11.3 Å². The van der Waals surface area contributed by atoms with Crippen LogP contribution in [-0.2, 0) is 6.42 Å². The molecule has 0 saturated heterocycles. The number of carboxylic acid groups (broad SMARTS) is 1. The highest BCUT2D eigenvalue weighted by Crippen LogP contribution is 2.34. The maximum Gasteiger partial charge on any atom is 0.356 e. The van der Waals surface area contributed by atoms with Crippen LogP contribution in [0, 0.1) is 0 Å². The van der Waals surface area contributed by atoms with E-state index in [-0.39, 0.29) is 10.8 Å². The van der Waals surface area contributed by atoms with Crippen molar-refractivity contribution in [3.05, 3.63) is 35.5 Å². The van der Waals surface area contributed by atoms with Gasteiger partial charge in [0.2, 0.25) is 0 Å². The number of nitrogens with zero attached hydrogens (tertiary/aromatic N) is 1. The van der Waals surface area contributed by atoms with Crippen molar-refractivity contribution in [2.75, 3.05) is 5.73 Å². The fourth-order valence-electron chi connectivity index (χ4n) is 1.71. The van der Waals surface area contributed by atoms with Crippen LogP contribution in [-0.4, -0.2) is 16.1 Å². The maximum absolute atomic E-state index is 11.1. The van der Waals surface area contributed by atoms with Crippen LogP contribution in [0.2, 0.25) is 0 Å². The fraction of sp³-hybridized carbons (Fsp3) is 0.167. The largest absolute Gasteiger partial charge is 0.476 e. The first-order valence-corrected chi connectivity index (χ1v) is 6.03. The molecule has 2 aromatic rings. The molecule has 0 unspecified atom stereocenters. The van der Waals surface area contributed by atoms with Crippen molar-refractivity contribution in [3.8, 4) is 10.4 Å². The maximum atomic E-state index is 11.1. The normalized spacial score (nSPS) is 10.4. The zero-order valence-electron chi connectivity index (χ0n) is 9.30. The Balaban J connectivity index is 2.63. The highest BCUT2D eigenvalue weighted by molar-refractivity contribution is 7.19. The number of anilines is 1. The number of thiazole rings is 1. The first-order chi connectivity index (χ1) is 8.13. The molecule has 0 aliphatic carbocycles. The minimum Gasteiger partial charge on any atom is -0.476 e. The summed E-state index contributed by atoms with van der Waals surface area (Å²) >= 11 is 1.21. The average Bonchev–Trinajstić information content (AvgIpc) is 2.71. The summed E-state index contributed by atoms with van der Waals surface area (Å²) in [6.07, 6.45) is 0.840. The monoisotopic (exact) mass is 248 g/mol. The summed E-state index contributed by atoms with van der Waals surface area (Å²) in [5, 5.41) is 9.37. The van der Waals surface area contributed by atoms with Crippen molar-refractivity contribution < 1.29 is 9.90 Å². The molecule has 17 heavy (non-hydrogen) atoms. The van der Waals surface area contributed by atoms with Gasteiger partial charge in [0.15, 0.2) is 10.8 Å². The zero-order chi connectivity index (χ0) is 12.4. The van der Waals surface area contributed by atoms with Gasteiger partial charge in [0, 0.05) is 0 Å². The summed E-state index contributed by atoms with van der Waals surface area (Å²) in [6, 6.07) is 7.71. The van der Waals surface area contributed by atoms with E-state index >= 15 is 0 Å². The third kappa shape index (κ3) is 2.14. The van der Waals surface area contributed by atoms with Gasteiger partial charge in [-0.2, -0.15) is 0 Å². The smallest absolute Gasteiger partial charge is 0.356 e. The van der Waals surface area contributed by atoms with E-state index in [1.54, 1.807) is 0 Å². The van der Waals surface area contributed by atoms with Crippen molar-refractivity contribution in [2.45, 2.75) is 13.3 Å². The van der Waals surface area contributed by atoms with Crippen LogP contribution in [0.5, 0.6) is 0 Å². The average molecular weight is 248 g/mol.